The number of rotatable bonds is 8. The molecule has 1 aliphatic heterocycles. The summed E-state index contributed by atoms with van der Waals surface area (Å²) >= 11 is 6.08. The van der Waals surface area contributed by atoms with Gasteiger partial charge in [0.15, 0.2) is 0 Å². The molecule has 0 aromatic heterocycles. The zero-order chi connectivity index (χ0) is 24.2. The highest BCUT2D eigenvalue weighted by molar-refractivity contribution is 6.36. The molecule has 0 fully saturated rings. The largest absolute Gasteiger partial charge is 0.481 e. The summed E-state index contributed by atoms with van der Waals surface area (Å²) in [5.41, 5.74) is 6.51. The van der Waals surface area contributed by atoms with Gasteiger partial charge in [0, 0.05) is 40.5 Å². The van der Waals surface area contributed by atoms with Crippen molar-refractivity contribution in [2.75, 3.05) is 24.7 Å². The van der Waals surface area contributed by atoms with E-state index in [9.17, 15) is 14.7 Å². The van der Waals surface area contributed by atoms with E-state index in [0.717, 1.165) is 34.6 Å². The van der Waals surface area contributed by atoms with Crippen molar-refractivity contribution in [3.8, 4) is 0 Å². The first-order valence-electron chi connectivity index (χ1n) is 11.0. The van der Waals surface area contributed by atoms with Crippen LogP contribution in [-0.2, 0) is 22.6 Å². The van der Waals surface area contributed by atoms with Crippen molar-refractivity contribution in [1.29, 1.82) is 0 Å². The number of aryl methyl sites for hydroxylation is 1. The summed E-state index contributed by atoms with van der Waals surface area (Å²) in [6.45, 7) is 0.839. The summed E-state index contributed by atoms with van der Waals surface area (Å²) < 4.78 is 0. The predicted octanol–water partition coefficient (Wildman–Crippen LogP) is 5.66. The van der Waals surface area contributed by atoms with E-state index in [4.69, 9.17) is 11.6 Å². The van der Waals surface area contributed by atoms with Gasteiger partial charge in [-0.25, -0.2) is 0 Å². The van der Waals surface area contributed by atoms with Gasteiger partial charge in [0.1, 0.15) is 0 Å². The first-order chi connectivity index (χ1) is 16.3. The maximum atomic E-state index is 12.7. The van der Waals surface area contributed by atoms with Crippen LogP contribution in [0.2, 0.25) is 5.02 Å². The third kappa shape index (κ3) is 5.47. The molecule has 0 bridgehead atoms. The molecular formula is C27H26ClN3O3. The molecule has 7 heteroatoms. The first kappa shape index (κ1) is 23.5. The monoisotopic (exact) mass is 475 g/mol. The highest BCUT2D eigenvalue weighted by Gasteiger charge is 2.24. The second kappa shape index (κ2) is 10.1. The number of carboxylic acid groups (broad SMARTS) is 1. The molecule has 0 unspecified atom stereocenters. The average Bonchev–Trinajstić information content (AvgIpc) is 3.08. The predicted molar refractivity (Wildman–Crippen MR) is 137 cm³/mol. The molecule has 4 rings (SSSR count). The van der Waals surface area contributed by atoms with Gasteiger partial charge in [0.2, 0.25) is 0 Å². The molecule has 1 heterocycles. The van der Waals surface area contributed by atoms with Crippen molar-refractivity contribution >= 4 is 52.2 Å². The summed E-state index contributed by atoms with van der Waals surface area (Å²) in [6, 6.07) is 19.1. The molecule has 1 aliphatic rings. The summed E-state index contributed by atoms with van der Waals surface area (Å²) in [6.07, 6.45) is 2.21. The standard InChI is InChI=1S/C27H26ClN3O3/c1-31(2)16-17-6-10-21(11-7-17)29-26-18(8-13-25(32)33)4-3-5-19(26)14-23-22-12-9-20(28)15-24(22)30-27(23)34/h3-7,9-12,14-15,29H,8,13,16H2,1-2H3,(H,30,34)(H,32,33)/b23-14-. The summed E-state index contributed by atoms with van der Waals surface area (Å²) in [5.74, 6) is -1.06. The quantitative estimate of drug-likeness (QED) is 0.366. The fraction of sp³-hybridized carbons (Fsp3) is 0.185. The van der Waals surface area contributed by atoms with Gasteiger partial charge >= 0.3 is 5.97 Å². The number of carboxylic acids is 1. The van der Waals surface area contributed by atoms with Crippen LogP contribution in [0.1, 0.15) is 28.7 Å². The Morgan fingerprint density at radius 1 is 1.12 bits per heavy atom. The van der Waals surface area contributed by atoms with Gasteiger partial charge in [-0.05, 0) is 67.5 Å². The Morgan fingerprint density at radius 3 is 2.59 bits per heavy atom. The number of nitrogens with one attached hydrogen (secondary N) is 2. The van der Waals surface area contributed by atoms with Gasteiger partial charge in [0.25, 0.3) is 5.91 Å². The SMILES string of the molecule is CN(C)Cc1ccc(Nc2c(/C=C3\C(=O)Nc4cc(Cl)ccc43)cccc2CCC(=O)O)cc1. The molecule has 174 valence electrons. The number of carbonyl (C=O) groups is 2. The lowest BCUT2D eigenvalue weighted by Gasteiger charge is -2.16. The maximum Gasteiger partial charge on any atom is 0.303 e. The molecule has 0 saturated heterocycles. The van der Waals surface area contributed by atoms with Crippen molar-refractivity contribution in [3.05, 3.63) is 87.9 Å². The van der Waals surface area contributed by atoms with Crippen molar-refractivity contribution in [2.24, 2.45) is 0 Å². The van der Waals surface area contributed by atoms with Crippen LogP contribution in [0.4, 0.5) is 17.1 Å². The van der Waals surface area contributed by atoms with Gasteiger partial charge in [-0.2, -0.15) is 0 Å². The van der Waals surface area contributed by atoms with Crippen molar-refractivity contribution in [3.63, 3.8) is 0 Å². The second-order valence-electron chi connectivity index (χ2n) is 8.54. The van der Waals surface area contributed by atoms with Crippen LogP contribution in [0.3, 0.4) is 0 Å². The van der Waals surface area contributed by atoms with Crippen LogP contribution in [-0.4, -0.2) is 36.0 Å². The number of hydrogen-bond donors (Lipinski definition) is 3. The Balaban J connectivity index is 1.73. The van der Waals surface area contributed by atoms with E-state index in [0.29, 0.717) is 22.7 Å². The Hall–Kier alpha value is -3.61. The Bertz CT molecular complexity index is 1270. The number of para-hydroxylation sites is 1. The van der Waals surface area contributed by atoms with Crippen molar-refractivity contribution in [2.45, 2.75) is 19.4 Å². The van der Waals surface area contributed by atoms with Gasteiger partial charge in [-0.15, -0.1) is 0 Å². The minimum Gasteiger partial charge on any atom is -0.481 e. The molecule has 6 nitrogen and oxygen atoms in total. The van der Waals surface area contributed by atoms with Gasteiger partial charge in [-0.1, -0.05) is 48.0 Å². The molecule has 0 spiro atoms. The van der Waals surface area contributed by atoms with E-state index < -0.39 is 5.97 Å². The number of aliphatic carboxylic acids is 1. The number of nitrogens with zero attached hydrogens (tertiary/aromatic N) is 1. The second-order valence-corrected chi connectivity index (χ2v) is 8.97. The molecule has 0 saturated carbocycles. The molecule has 3 aromatic rings. The molecule has 0 aliphatic carbocycles. The minimum absolute atomic E-state index is 0.0122. The van der Waals surface area contributed by atoms with Crippen LogP contribution in [0.15, 0.2) is 60.7 Å². The number of carbonyl (C=O) groups excluding carboxylic acids is 1. The molecule has 0 atom stereocenters. The number of anilines is 3. The number of halogens is 1. The molecule has 34 heavy (non-hydrogen) atoms. The number of amides is 1. The lowest BCUT2D eigenvalue weighted by Crippen LogP contribution is -2.10. The van der Waals surface area contributed by atoms with Crippen LogP contribution >= 0.6 is 11.6 Å². The fourth-order valence-corrected chi connectivity index (χ4v) is 4.18. The highest BCUT2D eigenvalue weighted by Crippen LogP contribution is 2.37. The first-order valence-corrected chi connectivity index (χ1v) is 11.4. The van der Waals surface area contributed by atoms with Crippen molar-refractivity contribution < 1.29 is 14.7 Å². The van der Waals surface area contributed by atoms with Crippen LogP contribution in [0, 0.1) is 0 Å². The zero-order valence-corrected chi connectivity index (χ0v) is 19.8. The Labute approximate surface area is 203 Å². The summed E-state index contributed by atoms with van der Waals surface area (Å²) in [7, 11) is 4.05. The maximum absolute atomic E-state index is 12.7. The van der Waals surface area contributed by atoms with Gasteiger partial charge in [0.05, 0.1) is 5.69 Å². The number of hydrogen-bond acceptors (Lipinski definition) is 4. The number of benzene rings is 3. The Morgan fingerprint density at radius 2 is 1.88 bits per heavy atom. The van der Waals surface area contributed by atoms with Gasteiger partial charge in [-0.3, -0.25) is 9.59 Å². The van der Waals surface area contributed by atoms with E-state index >= 15 is 0 Å². The zero-order valence-electron chi connectivity index (χ0n) is 19.1. The minimum atomic E-state index is -0.858. The van der Waals surface area contributed by atoms with Crippen LogP contribution < -0.4 is 10.6 Å². The molecular weight excluding hydrogens is 450 g/mol. The third-order valence-corrected chi connectivity index (χ3v) is 5.81. The van der Waals surface area contributed by atoms with E-state index in [-0.39, 0.29) is 12.3 Å². The normalized spacial score (nSPS) is 13.8. The van der Waals surface area contributed by atoms with E-state index in [1.165, 1.54) is 5.56 Å². The topological polar surface area (TPSA) is 81.7 Å². The van der Waals surface area contributed by atoms with Crippen molar-refractivity contribution in [1.82, 2.24) is 4.90 Å². The van der Waals surface area contributed by atoms with Crippen LogP contribution in [0.25, 0.3) is 11.6 Å². The summed E-state index contributed by atoms with van der Waals surface area (Å²) in [5, 5.41) is 16.1. The Kier molecular flexibility index (Phi) is 7.01. The number of fused-ring (bicyclic) bond motifs is 1. The molecule has 0 radical (unpaired) electrons. The van der Waals surface area contributed by atoms with E-state index in [1.807, 2.05) is 56.6 Å². The lowest BCUT2D eigenvalue weighted by atomic mass is 9.98. The van der Waals surface area contributed by atoms with Crippen LogP contribution in [0.5, 0.6) is 0 Å². The average molecular weight is 476 g/mol. The molecule has 3 aromatic carbocycles. The van der Waals surface area contributed by atoms with Gasteiger partial charge < -0.3 is 20.6 Å². The third-order valence-electron chi connectivity index (χ3n) is 5.58. The lowest BCUT2D eigenvalue weighted by molar-refractivity contribution is -0.137. The molecule has 3 N–H and O–H groups in total. The fourth-order valence-electron chi connectivity index (χ4n) is 4.01. The summed E-state index contributed by atoms with van der Waals surface area (Å²) in [4.78, 5) is 26.1. The smallest absolute Gasteiger partial charge is 0.303 e. The molecule has 1 amide bonds. The highest BCUT2D eigenvalue weighted by atomic mass is 35.5. The van der Waals surface area contributed by atoms with E-state index in [2.05, 4.69) is 27.7 Å². The van der Waals surface area contributed by atoms with E-state index in [1.54, 1.807) is 12.1 Å².